The number of hydrogen-bond acceptors (Lipinski definition) is 8. The molecule has 1 aliphatic heterocycles. The van der Waals surface area contributed by atoms with Gasteiger partial charge in [0.1, 0.15) is 5.57 Å². The van der Waals surface area contributed by atoms with Crippen LogP contribution < -0.4 is 25.0 Å². The molecule has 0 spiro atoms. The lowest BCUT2D eigenvalue weighted by Crippen LogP contribution is -2.54. The molecule has 1 saturated heterocycles. The summed E-state index contributed by atoms with van der Waals surface area (Å²) in [7, 11) is 0. The predicted molar refractivity (Wildman–Crippen MR) is 157 cm³/mol. The van der Waals surface area contributed by atoms with Crippen LogP contribution in [0.25, 0.3) is 6.08 Å². The van der Waals surface area contributed by atoms with E-state index in [1.807, 2.05) is 32.0 Å². The van der Waals surface area contributed by atoms with Crippen molar-refractivity contribution in [2.45, 2.75) is 20.8 Å². The van der Waals surface area contributed by atoms with Gasteiger partial charge in [-0.25, -0.2) is 9.69 Å². The number of aryl methyl sites for hydroxylation is 2. The van der Waals surface area contributed by atoms with Gasteiger partial charge in [0, 0.05) is 17.8 Å². The van der Waals surface area contributed by atoms with Gasteiger partial charge in [-0.2, -0.15) is 0 Å². The third kappa shape index (κ3) is 6.63. The molecule has 42 heavy (non-hydrogen) atoms. The lowest BCUT2D eigenvalue weighted by molar-refractivity contribution is -0.384. The molecular weight excluding hydrogens is 612 g/mol. The number of rotatable bonds is 9. The lowest BCUT2D eigenvalue weighted by atomic mass is 10.1. The predicted octanol–water partition coefficient (Wildman–Crippen LogP) is 5.06. The number of amides is 5. The SMILES string of the molecule is CCOc1cc(/C=C2/C(=O)NC(=O)N(c3cccc([N+](=O)[O-])c3)C2=O)cc(Br)c1OCC(=O)Nc1cc(C)ccc1C. The highest BCUT2D eigenvalue weighted by molar-refractivity contribution is 9.10. The minimum absolute atomic E-state index is 0.0795. The summed E-state index contributed by atoms with van der Waals surface area (Å²) < 4.78 is 11.8. The molecule has 0 aliphatic carbocycles. The van der Waals surface area contributed by atoms with E-state index in [2.05, 4.69) is 26.6 Å². The van der Waals surface area contributed by atoms with Crippen molar-refractivity contribution in [2.75, 3.05) is 23.4 Å². The summed E-state index contributed by atoms with van der Waals surface area (Å²) in [4.78, 5) is 62.2. The summed E-state index contributed by atoms with van der Waals surface area (Å²) in [5, 5.41) is 16.1. The average molecular weight is 637 g/mol. The number of urea groups is 1. The van der Waals surface area contributed by atoms with Gasteiger partial charge in [-0.15, -0.1) is 0 Å². The fourth-order valence-electron chi connectivity index (χ4n) is 4.07. The molecule has 0 bridgehead atoms. The van der Waals surface area contributed by atoms with Crippen molar-refractivity contribution in [1.29, 1.82) is 0 Å². The number of nitrogens with one attached hydrogen (secondary N) is 2. The molecule has 13 heteroatoms. The molecule has 0 unspecified atom stereocenters. The molecule has 12 nitrogen and oxygen atoms in total. The first kappa shape index (κ1) is 29.9. The van der Waals surface area contributed by atoms with Crippen molar-refractivity contribution < 1.29 is 33.6 Å². The van der Waals surface area contributed by atoms with E-state index in [0.717, 1.165) is 17.2 Å². The van der Waals surface area contributed by atoms with Gasteiger partial charge in [-0.05, 0) is 83.7 Å². The fourth-order valence-corrected chi connectivity index (χ4v) is 4.65. The Morgan fingerprint density at radius 3 is 2.57 bits per heavy atom. The van der Waals surface area contributed by atoms with Crippen molar-refractivity contribution in [3.8, 4) is 11.5 Å². The van der Waals surface area contributed by atoms with E-state index in [4.69, 9.17) is 9.47 Å². The summed E-state index contributed by atoms with van der Waals surface area (Å²) >= 11 is 3.40. The molecule has 216 valence electrons. The zero-order valence-electron chi connectivity index (χ0n) is 22.7. The van der Waals surface area contributed by atoms with E-state index in [1.165, 1.54) is 30.3 Å². The molecule has 4 rings (SSSR count). The molecule has 3 aromatic carbocycles. The summed E-state index contributed by atoms with van der Waals surface area (Å²) in [6.07, 6.45) is 1.25. The number of imide groups is 2. The average Bonchev–Trinajstić information content (AvgIpc) is 2.93. The largest absolute Gasteiger partial charge is 0.490 e. The Hall–Kier alpha value is -5.04. The Kier molecular flexibility index (Phi) is 9.01. The Balaban J connectivity index is 1.60. The van der Waals surface area contributed by atoms with Gasteiger partial charge in [0.15, 0.2) is 18.1 Å². The van der Waals surface area contributed by atoms with Crippen LogP contribution in [-0.2, 0) is 14.4 Å². The van der Waals surface area contributed by atoms with Crippen molar-refractivity contribution >= 4 is 62.8 Å². The van der Waals surface area contributed by atoms with Crippen molar-refractivity contribution in [3.63, 3.8) is 0 Å². The Morgan fingerprint density at radius 2 is 1.86 bits per heavy atom. The number of anilines is 2. The van der Waals surface area contributed by atoms with E-state index in [9.17, 15) is 29.3 Å². The molecule has 0 radical (unpaired) electrons. The monoisotopic (exact) mass is 636 g/mol. The highest BCUT2D eigenvalue weighted by Gasteiger charge is 2.37. The minimum atomic E-state index is -1.04. The van der Waals surface area contributed by atoms with Gasteiger partial charge in [0.05, 0.1) is 21.7 Å². The number of benzene rings is 3. The second-order valence-corrected chi connectivity index (χ2v) is 10.0. The van der Waals surface area contributed by atoms with Crippen LogP contribution >= 0.6 is 15.9 Å². The Labute approximate surface area is 248 Å². The molecule has 1 heterocycles. The molecule has 2 N–H and O–H groups in total. The van der Waals surface area contributed by atoms with Crippen LogP contribution in [0, 0.1) is 24.0 Å². The number of carbonyl (C=O) groups is 4. The van der Waals surface area contributed by atoms with Crippen molar-refractivity contribution in [1.82, 2.24) is 5.32 Å². The molecular formula is C29H25BrN4O8. The molecule has 5 amide bonds. The van der Waals surface area contributed by atoms with Gasteiger partial charge >= 0.3 is 6.03 Å². The highest BCUT2D eigenvalue weighted by Crippen LogP contribution is 2.38. The van der Waals surface area contributed by atoms with E-state index >= 15 is 0 Å². The van der Waals surface area contributed by atoms with Gasteiger partial charge < -0.3 is 14.8 Å². The number of non-ortho nitro benzene ring substituents is 1. The van der Waals surface area contributed by atoms with E-state index in [0.29, 0.717) is 20.6 Å². The molecule has 0 aromatic heterocycles. The first-order valence-corrected chi connectivity index (χ1v) is 13.4. The second kappa shape index (κ2) is 12.6. The first-order chi connectivity index (χ1) is 20.0. The van der Waals surface area contributed by atoms with Crippen LogP contribution in [0.2, 0.25) is 0 Å². The molecule has 0 atom stereocenters. The van der Waals surface area contributed by atoms with Crippen LogP contribution in [0.1, 0.15) is 23.6 Å². The summed E-state index contributed by atoms with van der Waals surface area (Å²) in [6, 6.07) is 12.6. The second-order valence-electron chi connectivity index (χ2n) is 9.15. The number of halogens is 1. The standard InChI is InChI=1S/C29H25BrN4O8/c1-4-41-24-13-18(12-22(30)26(24)42-15-25(35)31-23-10-16(2)8-9-17(23)3)11-21-27(36)32-29(38)33(28(21)37)19-6-5-7-20(14-19)34(39)40/h5-14H,4,15H2,1-3H3,(H,31,35)(H,32,36,38)/b21-11-. The van der Waals surface area contributed by atoms with E-state index in [1.54, 1.807) is 13.0 Å². The fraction of sp³-hybridized carbons (Fsp3) is 0.172. The topological polar surface area (TPSA) is 157 Å². The maximum absolute atomic E-state index is 13.3. The molecule has 0 saturated carbocycles. The lowest BCUT2D eigenvalue weighted by Gasteiger charge is -2.26. The Bertz CT molecular complexity index is 1650. The van der Waals surface area contributed by atoms with E-state index < -0.39 is 28.3 Å². The molecule has 1 aliphatic rings. The Morgan fingerprint density at radius 1 is 1.10 bits per heavy atom. The number of nitrogens with zero attached hydrogens (tertiary/aromatic N) is 2. The number of nitro groups is 1. The van der Waals surface area contributed by atoms with E-state index in [-0.39, 0.29) is 42.0 Å². The van der Waals surface area contributed by atoms with Crippen molar-refractivity contribution in [2.24, 2.45) is 0 Å². The third-order valence-electron chi connectivity index (χ3n) is 6.06. The number of nitro benzene ring substituents is 1. The van der Waals surface area contributed by atoms with Crippen LogP contribution in [0.15, 0.2) is 64.6 Å². The molecule has 3 aromatic rings. The summed E-state index contributed by atoms with van der Waals surface area (Å²) in [5.41, 5.74) is 2.09. The highest BCUT2D eigenvalue weighted by atomic mass is 79.9. The number of carbonyl (C=O) groups excluding carboxylic acids is 4. The number of hydrogen-bond donors (Lipinski definition) is 2. The number of barbiturate groups is 1. The number of ether oxygens (including phenoxy) is 2. The van der Waals surface area contributed by atoms with Crippen molar-refractivity contribution in [3.05, 3.63) is 91.4 Å². The van der Waals surface area contributed by atoms with Gasteiger partial charge in [0.25, 0.3) is 23.4 Å². The first-order valence-electron chi connectivity index (χ1n) is 12.6. The quantitative estimate of drug-likeness (QED) is 0.143. The maximum Gasteiger partial charge on any atom is 0.335 e. The normalized spacial score (nSPS) is 14.0. The minimum Gasteiger partial charge on any atom is -0.490 e. The van der Waals surface area contributed by atoms with Crippen LogP contribution in [0.5, 0.6) is 11.5 Å². The molecule has 1 fully saturated rings. The van der Waals surface area contributed by atoms with Crippen LogP contribution in [-0.4, -0.2) is 41.9 Å². The van der Waals surface area contributed by atoms with Crippen LogP contribution in [0.3, 0.4) is 0 Å². The zero-order chi connectivity index (χ0) is 30.6. The van der Waals surface area contributed by atoms with Gasteiger partial charge in [-0.1, -0.05) is 18.2 Å². The zero-order valence-corrected chi connectivity index (χ0v) is 24.3. The van der Waals surface area contributed by atoms with Gasteiger partial charge in [0.2, 0.25) is 0 Å². The summed E-state index contributed by atoms with van der Waals surface area (Å²) in [5.74, 6) is -1.85. The smallest absolute Gasteiger partial charge is 0.335 e. The van der Waals surface area contributed by atoms with Crippen LogP contribution in [0.4, 0.5) is 21.9 Å². The third-order valence-corrected chi connectivity index (χ3v) is 6.65. The maximum atomic E-state index is 13.3. The van der Waals surface area contributed by atoms with Gasteiger partial charge in [-0.3, -0.25) is 29.8 Å². The summed E-state index contributed by atoms with van der Waals surface area (Å²) in [6.45, 7) is 5.46.